The smallest absolute Gasteiger partial charge is 0.341 e. The number of hydrogen-bond donors (Lipinski definition) is 2. The molecule has 2 aliphatic rings. The molecule has 1 atom stereocenters. The summed E-state index contributed by atoms with van der Waals surface area (Å²) in [5.74, 6) is -1.84. The third kappa shape index (κ3) is 6.40. The van der Waals surface area contributed by atoms with E-state index in [1.165, 1.54) is 17.6 Å². The number of anilines is 1. The van der Waals surface area contributed by atoms with Crippen LogP contribution in [-0.4, -0.2) is 36.8 Å². The Hall–Kier alpha value is -4.27. The number of hydrogen-bond acceptors (Lipinski definition) is 10. The van der Waals surface area contributed by atoms with Gasteiger partial charge in [0.25, 0.3) is 0 Å². The summed E-state index contributed by atoms with van der Waals surface area (Å²) in [6.45, 7) is 3.87. The van der Waals surface area contributed by atoms with Crippen molar-refractivity contribution in [2.24, 2.45) is 0 Å². The number of carbonyl (C=O) groups excluding carboxylic acids is 3. The van der Waals surface area contributed by atoms with E-state index in [9.17, 15) is 19.6 Å². The molecule has 1 aromatic carbocycles. The van der Waals surface area contributed by atoms with Crippen molar-refractivity contribution in [1.29, 1.82) is 5.26 Å². The molecule has 11 heteroatoms. The second-order valence-electron chi connectivity index (χ2n) is 9.78. The van der Waals surface area contributed by atoms with Gasteiger partial charge in [0.15, 0.2) is 0 Å². The third-order valence-electron chi connectivity index (χ3n) is 7.09. The lowest BCUT2D eigenvalue weighted by molar-refractivity contribution is -0.138. The van der Waals surface area contributed by atoms with Crippen molar-refractivity contribution in [3.63, 3.8) is 0 Å². The van der Waals surface area contributed by atoms with Gasteiger partial charge in [-0.1, -0.05) is 42.1 Å². The molecule has 0 radical (unpaired) electrons. The number of nitriles is 1. The van der Waals surface area contributed by atoms with E-state index in [2.05, 4.69) is 16.7 Å². The summed E-state index contributed by atoms with van der Waals surface area (Å²) < 4.78 is 16.4. The number of thiophene rings is 1. The molecule has 2 aromatic heterocycles. The lowest BCUT2D eigenvalue weighted by Gasteiger charge is -2.29. The van der Waals surface area contributed by atoms with Crippen LogP contribution in [0.2, 0.25) is 0 Å². The number of amides is 1. The zero-order valence-corrected chi connectivity index (χ0v) is 25.5. The first-order valence-corrected chi connectivity index (χ1v) is 15.9. The maximum Gasteiger partial charge on any atom is 0.341 e. The highest BCUT2D eigenvalue weighted by molar-refractivity contribution is 8.03. The highest BCUT2D eigenvalue weighted by atomic mass is 32.2. The SMILES string of the molecule is CCOC(=O)C1=C(c2ccccc2)NC(SCC(=O)Nc2sc3c(c2C(=O)OCC)CCCC3)=C(C#N)C1c1ccco1. The van der Waals surface area contributed by atoms with Crippen molar-refractivity contribution < 1.29 is 28.3 Å². The minimum Gasteiger partial charge on any atom is -0.468 e. The largest absolute Gasteiger partial charge is 0.468 e. The van der Waals surface area contributed by atoms with Crippen molar-refractivity contribution in [3.05, 3.63) is 92.2 Å². The van der Waals surface area contributed by atoms with Gasteiger partial charge in [-0.05, 0) is 62.8 Å². The second-order valence-corrected chi connectivity index (χ2v) is 11.9. The zero-order chi connectivity index (χ0) is 30.3. The maximum atomic E-state index is 13.3. The number of nitrogens with zero attached hydrogens (tertiary/aromatic N) is 1. The second kappa shape index (κ2) is 13.8. The summed E-state index contributed by atoms with van der Waals surface area (Å²) in [5, 5.41) is 17.4. The molecular weight excluding hydrogens is 587 g/mol. The van der Waals surface area contributed by atoms with Crippen LogP contribution in [0.5, 0.6) is 0 Å². The van der Waals surface area contributed by atoms with E-state index in [-0.39, 0.29) is 36.0 Å². The molecule has 1 aliphatic heterocycles. The number of furan rings is 1. The first-order chi connectivity index (χ1) is 21.0. The lowest BCUT2D eigenvalue weighted by atomic mass is 9.84. The minimum absolute atomic E-state index is 0.0555. The Morgan fingerprint density at radius 2 is 1.81 bits per heavy atom. The van der Waals surface area contributed by atoms with Gasteiger partial charge in [0.1, 0.15) is 10.8 Å². The quantitative estimate of drug-likeness (QED) is 0.257. The molecule has 0 saturated heterocycles. The van der Waals surface area contributed by atoms with E-state index >= 15 is 0 Å². The first kappa shape index (κ1) is 30.2. The Balaban J connectivity index is 1.46. The Kier molecular flexibility index (Phi) is 9.69. The standard InChI is InChI=1S/C32H31N3O6S2/c1-3-39-31(37)26-20-13-8-9-15-23(20)43-30(26)34-24(36)18-42-29-21(17-33)25(22-14-10-16-41-22)27(32(38)40-4-2)28(35-29)19-11-6-5-7-12-19/h5-7,10-12,14,16,25,35H,3-4,8-9,13,15,18H2,1-2H3,(H,34,36). The molecule has 222 valence electrons. The summed E-state index contributed by atoms with van der Waals surface area (Å²) >= 11 is 2.56. The molecule has 1 unspecified atom stereocenters. The minimum atomic E-state index is -0.847. The van der Waals surface area contributed by atoms with Gasteiger partial charge in [-0.3, -0.25) is 4.79 Å². The molecule has 0 bridgehead atoms. The molecule has 1 amide bonds. The molecule has 43 heavy (non-hydrogen) atoms. The molecule has 0 spiro atoms. The number of thioether (sulfide) groups is 1. The van der Waals surface area contributed by atoms with Crippen LogP contribution >= 0.6 is 23.1 Å². The van der Waals surface area contributed by atoms with Gasteiger partial charge in [-0.2, -0.15) is 5.26 Å². The van der Waals surface area contributed by atoms with Crippen LogP contribution in [0.25, 0.3) is 5.70 Å². The van der Waals surface area contributed by atoms with Crippen LogP contribution in [-0.2, 0) is 31.9 Å². The molecule has 9 nitrogen and oxygen atoms in total. The van der Waals surface area contributed by atoms with Crippen LogP contribution in [0, 0.1) is 11.3 Å². The maximum absolute atomic E-state index is 13.3. The van der Waals surface area contributed by atoms with Crippen LogP contribution < -0.4 is 10.6 Å². The van der Waals surface area contributed by atoms with Crippen LogP contribution in [0.1, 0.15) is 64.7 Å². The van der Waals surface area contributed by atoms with Crippen molar-refractivity contribution in [2.45, 2.75) is 45.4 Å². The number of nitrogens with one attached hydrogen (secondary N) is 2. The van der Waals surface area contributed by atoms with E-state index in [0.29, 0.717) is 32.6 Å². The van der Waals surface area contributed by atoms with E-state index < -0.39 is 17.9 Å². The number of benzene rings is 1. The highest BCUT2D eigenvalue weighted by Crippen LogP contribution is 2.44. The number of esters is 2. The Labute approximate surface area is 257 Å². The van der Waals surface area contributed by atoms with Gasteiger partial charge in [0, 0.05) is 4.88 Å². The fourth-order valence-corrected chi connectivity index (χ4v) is 7.41. The topological polar surface area (TPSA) is 131 Å². The van der Waals surface area contributed by atoms with Crippen molar-refractivity contribution in [2.75, 3.05) is 24.3 Å². The number of allylic oxidation sites excluding steroid dienone is 1. The number of carbonyl (C=O) groups is 3. The summed E-state index contributed by atoms with van der Waals surface area (Å²) in [6, 6.07) is 14.9. The van der Waals surface area contributed by atoms with Gasteiger partial charge in [-0.15, -0.1) is 11.3 Å². The molecule has 5 rings (SSSR count). The number of aryl methyl sites for hydroxylation is 1. The predicted octanol–water partition coefficient (Wildman–Crippen LogP) is 6.16. The molecule has 0 fully saturated rings. The summed E-state index contributed by atoms with van der Waals surface area (Å²) in [6.07, 6.45) is 5.15. The fourth-order valence-electron chi connectivity index (χ4n) is 5.27. The molecule has 3 heterocycles. The first-order valence-electron chi connectivity index (χ1n) is 14.1. The monoisotopic (exact) mass is 617 g/mol. The van der Waals surface area contributed by atoms with E-state index in [4.69, 9.17) is 13.9 Å². The zero-order valence-electron chi connectivity index (χ0n) is 23.9. The normalized spacial score (nSPS) is 16.2. The van der Waals surface area contributed by atoms with Crippen molar-refractivity contribution >= 4 is 51.6 Å². The summed E-state index contributed by atoms with van der Waals surface area (Å²) in [4.78, 5) is 40.6. The van der Waals surface area contributed by atoms with E-state index in [1.54, 1.807) is 26.0 Å². The number of fused-ring (bicyclic) bond motifs is 1. The molecule has 0 saturated carbocycles. The van der Waals surface area contributed by atoms with E-state index in [0.717, 1.165) is 47.9 Å². The molecule has 1 aliphatic carbocycles. The average Bonchev–Trinajstić information content (AvgIpc) is 3.68. The molecular formula is C32H31N3O6S2. The van der Waals surface area contributed by atoms with Gasteiger partial charge >= 0.3 is 11.9 Å². The molecule has 3 aromatic rings. The van der Waals surface area contributed by atoms with Gasteiger partial charge in [-0.25, -0.2) is 9.59 Å². The fraction of sp³-hybridized carbons (Fsp3) is 0.312. The van der Waals surface area contributed by atoms with Crippen LogP contribution in [0.3, 0.4) is 0 Å². The Morgan fingerprint density at radius 3 is 2.51 bits per heavy atom. The summed E-state index contributed by atoms with van der Waals surface area (Å²) in [5.41, 5.74) is 3.07. The Morgan fingerprint density at radius 1 is 1.07 bits per heavy atom. The number of dihydropyridines is 1. The third-order valence-corrected chi connectivity index (χ3v) is 9.31. The van der Waals surface area contributed by atoms with Gasteiger partial charge < -0.3 is 24.5 Å². The van der Waals surface area contributed by atoms with Crippen molar-refractivity contribution in [1.82, 2.24) is 5.32 Å². The predicted molar refractivity (Wildman–Crippen MR) is 165 cm³/mol. The van der Waals surface area contributed by atoms with Crippen molar-refractivity contribution in [3.8, 4) is 6.07 Å². The Bertz CT molecular complexity index is 1620. The number of ether oxygens (including phenoxy) is 2. The van der Waals surface area contributed by atoms with Crippen LogP contribution in [0.4, 0.5) is 5.00 Å². The van der Waals surface area contributed by atoms with E-state index in [1.807, 2.05) is 30.3 Å². The average molecular weight is 618 g/mol. The van der Waals surface area contributed by atoms with Gasteiger partial charge in [0.05, 0.1) is 64.7 Å². The molecule has 2 N–H and O–H groups in total. The lowest BCUT2D eigenvalue weighted by Crippen LogP contribution is -2.29. The van der Waals surface area contributed by atoms with Crippen LogP contribution in [0.15, 0.2) is 69.3 Å². The van der Waals surface area contributed by atoms with Gasteiger partial charge in [0.2, 0.25) is 5.91 Å². The summed E-state index contributed by atoms with van der Waals surface area (Å²) in [7, 11) is 0. The highest BCUT2D eigenvalue weighted by Gasteiger charge is 2.39. The number of rotatable bonds is 10.